The van der Waals surface area contributed by atoms with Crippen LogP contribution in [-0.2, 0) is 23.0 Å². The van der Waals surface area contributed by atoms with E-state index < -0.39 is 9.84 Å². The number of nitrogens with zero attached hydrogens (tertiary/aromatic N) is 1. The molecule has 4 nitrogen and oxygen atoms in total. The van der Waals surface area contributed by atoms with E-state index in [1.165, 1.54) is 11.8 Å². The van der Waals surface area contributed by atoms with Gasteiger partial charge in [0.15, 0.2) is 9.84 Å². The fourth-order valence-corrected chi connectivity index (χ4v) is 3.05. The minimum Gasteiger partial charge on any atom is -0.392 e. The van der Waals surface area contributed by atoms with Gasteiger partial charge in [-0.25, -0.2) is 8.42 Å². The van der Waals surface area contributed by atoms with Gasteiger partial charge in [0.1, 0.15) is 0 Å². The van der Waals surface area contributed by atoms with Gasteiger partial charge in [-0.15, -0.1) is 0 Å². The summed E-state index contributed by atoms with van der Waals surface area (Å²) in [4.78, 5) is 2.54. The highest BCUT2D eigenvalue weighted by atomic mass is 32.2. The Kier molecular flexibility index (Phi) is 5.57. The predicted octanol–water partition coefficient (Wildman–Crippen LogP) is 2.78. The van der Waals surface area contributed by atoms with Gasteiger partial charge in [0.25, 0.3) is 0 Å². The molecular formula is C18H23NO3S. The summed E-state index contributed by atoms with van der Waals surface area (Å²) in [6.07, 6.45) is 1.22. The van der Waals surface area contributed by atoms with Crippen molar-refractivity contribution in [2.24, 2.45) is 0 Å². The molecule has 0 spiro atoms. The Balaban J connectivity index is 2.07. The number of aliphatic hydroxyl groups is 1. The second-order valence-electron chi connectivity index (χ2n) is 5.91. The molecule has 2 rings (SSSR count). The van der Waals surface area contributed by atoms with Crippen LogP contribution in [0.5, 0.6) is 0 Å². The number of hydrogen-bond acceptors (Lipinski definition) is 4. The molecule has 0 aliphatic carbocycles. The minimum atomic E-state index is -3.15. The first kappa shape index (κ1) is 17.7. The van der Waals surface area contributed by atoms with Crippen LogP contribution < -0.4 is 0 Å². The summed E-state index contributed by atoms with van der Waals surface area (Å²) in [6, 6.07) is 15.1. The molecule has 1 unspecified atom stereocenters. The zero-order valence-corrected chi connectivity index (χ0v) is 14.5. The van der Waals surface area contributed by atoms with E-state index in [0.717, 1.165) is 17.7 Å². The lowest BCUT2D eigenvalue weighted by atomic mass is 10.1. The number of aliphatic hydroxyl groups excluding tert-OH is 1. The maximum Gasteiger partial charge on any atom is 0.175 e. The van der Waals surface area contributed by atoms with Crippen molar-refractivity contribution in [3.63, 3.8) is 0 Å². The zero-order valence-electron chi connectivity index (χ0n) is 13.7. The van der Waals surface area contributed by atoms with E-state index in [1.54, 1.807) is 12.1 Å². The summed E-state index contributed by atoms with van der Waals surface area (Å²) in [5, 5.41) is 9.07. The lowest BCUT2D eigenvalue weighted by molar-refractivity contribution is 0.253. The third-order valence-corrected chi connectivity index (χ3v) is 5.22. The Morgan fingerprint density at radius 1 is 1.00 bits per heavy atom. The van der Waals surface area contributed by atoms with Gasteiger partial charge in [0.05, 0.1) is 11.5 Å². The van der Waals surface area contributed by atoms with Gasteiger partial charge < -0.3 is 5.11 Å². The highest BCUT2D eigenvalue weighted by molar-refractivity contribution is 7.90. The molecule has 0 aliphatic rings. The lowest BCUT2D eigenvalue weighted by Crippen LogP contribution is -2.22. The van der Waals surface area contributed by atoms with Crippen LogP contribution in [0.2, 0.25) is 0 Å². The van der Waals surface area contributed by atoms with Crippen molar-refractivity contribution in [3.8, 4) is 0 Å². The molecule has 1 atom stereocenters. The molecule has 0 saturated heterocycles. The normalized spacial score (nSPS) is 13.3. The molecule has 0 aromatic heterocycles. The number of rotatable bonds is 6. The van der Waals surface area contributed by atoms with Gasteiger partial charge in [0, 0.05) is 18.8 Å². The van der Waals surface area contributed by atoms with Gasteiger partial charge in [0.2, 0.25) is 0 Å². The highest BCUT2D eigenvalue weighted by Crippen LogP contribution is 2.22. The predicted molar refractivity (Wildman–Crippen MR) is 91.8 cm³/mol. The van der Waals surface area contributed by atoms with Gasteiger partial charge in [-0.2, -0.15) is 0 Å². The number of sulfone groups is 1. The van der Waals surface area contributed by atoms with E-state index >= 15 is 0 Å². The third-order valence-electron chi connectivity index (χ3n) is 4.09. The zero-order chi connectivity index (χ0) is 17.0. The van der Waals surface area contributed by atoms with Crippen molar-refractivity contribution in [3.05, 3.63) is 65.2 Å². The second kappa shape index (κ2) is 7.25. The molecule has 0 aliphatic heterocycles. The first-order valence-corrected chi connectivity index (χ1v) is 9.39. The Bertz CT molecular complexity index is 737. The molecule has 0 heterocycles. The number of benzene rings is 2. The van der Waals surface area contributed by atoms with Crippen molar-refractivity contribution >= 4 is 9.84 Å². The molecule has 0 bridgehead atoms. The molecule has 2 aromatic rings. The summed E-state index contributed by atoms with van der Waals surface area (Å²) < 4.78 is 23.0. The van der Waals surface area contributed by atoms with Crippen molar-refractivity contribution in [1.82, 2.24) is 4.90 Å². The molecule has 0 amide bonds. The molecule has 1 N–H and O–H groups in total. The smallest absolute Gasteiger partial charge is 0.175 e. The van der Waals surface area contributed by atoms with Gasteiger partial charge in [-0.05, 0) is 42.8 Å². The minimum absolute atomic E-state index is 0.0548. The van der Waals surface area contributed by atoms with E-state index in [0.29, 0.717) is 4.90 Å². The van der Waals surface area contributed by atoms with Crippen LogP contribution in [0.4, 0.5) is 0 Å². The molecule has 2 aromatic carbocycles. The maximum absolute atomic E-state index is 11.5. The standard InChI is InChI=1S/C18H23NO3S/c1-14(17-8-10-18(11-9-17)23(3,21)22)19(2)12-15-4-6-16(13-20)7-5-15/h4-11,14,20H,12-13H2,1-3H3. The van der Waals surface area contributed by atoms with Gasteiger partial charge >= 0.3 is 0 Å². The van der Waals surface area contributed by atoms with Crippen LogP contribution >= 0.6 is 0 Å². The summed E-state index contributed by atoms with van der Waals surface area (Å²) in [5.41, 5.74) is 3.15. The van der Waals surface area contributed by atoms with Crippen LogP contribution in [0.15, 0.2) is 53.4 Å². The van der Waals surface area contributed by atoms with Crippen LogP contribution in [0, 0.1) is 0 Å². The van der Waals surface area contributed by atoms with Crippen molar-refractivity contribution < 1.29 is 13.5 Å². The first-order valence-electron chi connectivity index (χ1n) is 7.50. The fourth-order valence-electron chi connectivity index (χ4n) is 2.42. The molecule has 0 saturated carbocycles. The summed E-state index contributed by atoms with van der Waals surface area (Å²) in [6.45, 7) is 2.93. The van der Waals surface area contributed by atoms with E-state index in [4.69, 9.17) is 5.11 Å². The average molecular weight is 333 g/mol. The lowest BCUT2D eigenvalue weighted by Gasteiger charge is -2.25. The molecule has 0 fully saturated rings. The van der Waals surface area contributed by atoms with Crippen LogP contribution in [0.25, 0.3) is 0 Å². The van der Waals surface area contributed by atoms with Crippen molar-refractivity contribution in [1.29, 1.82) is 0 Å². The highest BCUT2D eigenvalue weighted by Gasteiger charge is 2.13. The van der Waals surface area contributed by atoms with E-state index in [9.17, 15) is 8.42 Å². The van der Waals surface area contributed by atoms with E-state index in [-0.39, 0.29) is 12.6 Å². The molecule has 0 radical (unpaired) electrons. The van der Waals surface area contributed by atoms with Gasteiger partial charge in [-0.1, -0.05) is 36.4 Å². The Morgan fingerprint density at radius 3 is 2.00 bits per heavy atom. The van der Waals surface area contributed by atoms with E-state index in [2.05, 4.69) is 11.8 Å². The fraction of sp³-hybridized carbons (Fsp3) is 0.333. The monoisotopic (exact) mass is 333 g/mol. The maximum atomic E-state index is 11.5. The number of hydrogen-bond donors (Lipinski definition) is 1. The molecule has 5 heteroatoms. The molecule has 23 heavy (non-hydrogen) atoms. The summed E-state index contributed by atoms with van der Waals surface area (Å²) in [5.74, 6) is 0. The van der Waals surface area contributed by atoms with Crippen LogP contribution in [0.3, 0.4) is 0 Å². The Hall–Kier alpha value is -1.69. The largest absolute Gasteiger partial charge is 0.392 e. The topological polar surface area (TPSA) is 57.6 Å². The van der Waals surface area contributed by atoms with Crippen LogP contribution in [-0.4, -0.2) is 31.7 Å². The van der Waals surface area contributed by atoms with Crippen LogP contribution in [0.1, 0.15) is 29.7 Å². The first-order chi connectivity index (χ1) is 10.8. The SMILES string of the molecule is CC(c1ccc(S(C)(=O)=O)cc1)N(C)Cc1ccc(CO)cc1. The third kappa shape index (κ3) is 4.64. The Morgan fingerprint density at radius 2 is 1.52 bits per heavy atom. The quantitative estimate of drug-likeness (QED) is 0.883. The summed E-state index contributed by atoms with van der Waals surface area (Å²) >= 11 is 0. The summed E-state index contributed by atoms with van der Waals surface area (Å²) in [7, 11) is -1.12. The Labute approximate surface area is 138 Å². The van der Waals surface area contributed by atoms with Crippen molar-refractivity contribution in [2.75, 3.05) is 13.3 Å². The average Bonchev–Trinajstić information content (AvgIpc) is 2.54. The molecular weight excluding hydrogens is 310 g/mol. The second-order valence-corrected chi connectivity index (χ2v) is 7.92. The molecule has 124 valence electrons. The van der Waals surface area contributed by atoms with Crippen molar-refractivity contribution in [2.45, 2.75) is 31.0 Å². The van der Waals surface area contributed by atoms with E-state index in [1.807, 2.05) is 43.4 Å². The van der Waals surface area contributed by atoms with Gasteiger partial charge in [-0.3, -0.25) is 4.90 Å².